The molecule has 19 heavy (non-hydrogen) atoms. The molecule has 0 aliphatic carbocycles. The topological polar surface area (TPSA) is 34.1 Å². The van der Waals surface area contributed by atoms with Gasteiger partial charge in [-0.1, -0.05) is 23.4 Å². The SMILES string of the molecule is COc1ccc(C2=CSc3nc(Cl)ccc3N2)cc1. The molecule has 0 amide bonds. The summed E-state index contributed by atoms with van der Waals surface area (Å²) in [6.45, 7) is 0. The fourth-order valence-corrected chi connectivity index (χ4v) is 2.82. The summed E-state index contributed by atoms with van der Waals surface area (Å²) >= 11 is 7.44. The van der Waals surface area contributed by atoms with Crippen LogP contribution in [0.15, 0.2) is 46.8 Å². The van der Waals surface area contributed by atoms with Gasteiger partial charge in [0.25, 0.3) is 0 Å². The van der Waals surface area contributed by atoms with Gasteiger partial charge in [0.15, 0.2) is 0 Å². The van der Waals surface area contributed by atoms with Crippen LogP contribution < -0.4 is 10.1 Å². The Bertz CT molecular complexity index is 640. The third kappa shape index (κ3) is 2.55. The molecule has 1 aromatic heterocycles. The van der Waals surface area contributed by atoms with Crippen molar-refractivity contribution in [2.45, 2.75) is 5.03 Å². The predicted molar refractivity (Wildman–Crippen MR) is 79.7 cm³/mol. The van der Waals surface area contributed by atoms with Crippen molar-refractivity contribution in [2.75, 3.05) is 12.4 Å². The minimum absolute atomic E-state index is 0.509. The molecule has 2 heterocycles. The summed E-state index contributed by atoms with van der Waals surface area (Å²) in [5.41, 5.74) is 3.13. The number of hydrogen-bond acceptors (Lipinski definition) is 4. The van der Waals surface area contributed by atoms with Gasteiger partial charge in [0, 0.05) is 5.41 Å². The lowest BCUT2D eigenvalue weighted by Gasteiger charge is -2.18. The highest BCUT2D eigenvalue weighted by Crippen LogP contribution is 2.36. The number of benzene rings is 1. The second-order valence-corrected chi connectivity index (χ2v) is 5.23. The number of thioether (sulfide) groups is 1. The van der Waals surface area contributed by atoms with E-state index >= 15 is 0 Å². The number of nitrogens with zero attached hydrogens (tertiary/aromatic N) is 1. The van der Waals surface area contributed by atoms with Crippen molar-refractivity contribution >= 4 is 34.7 Å². The summed E-state index contributed by atoms with van der Waals surface area (Å²) in [7, 11) is 1.66. The van der Waals surface area contributed by atoms with Gasteiger partial charge >= 0.3 is 0 Å². The summed E-state index contributed by atoms with van der Waals surface area (Å²) < 4.78 is 5.16. The zero-order valence-electron chi connectivity index (χ0n) is 10.2. The standard InChI is InChI=1S/C14H11ClN2OS/c1-18-10-4-2-9(3-5-10)12-8-19-14-11(16-12)6-7-13(15)17-14/h2-8,16H,1H3. The van der Waals surface area contributed by atoms with Gasteiger partial charge in [0.05, 0.1) is 18.5 Å². The number of aromatic nitrogens is 1. The van der Waals surface area contributed by atoms with E-state index < -0.39 is 0 Å². The van der Waals surface area contributed by atoms with Crippen LogP contribution in [0.2, 0.25) is 5.15 Å². The Labute approximate surface area is 120 Å². The van der Waals surface area contributed by atoms with Gasteiger partial charge in [-0.15, -0.1) is 0 Å². The summed E-state index contributed by atoms with van der Waals surface area (Å²) in [4.78, 5) is 4.27. The molecular weight excluding hydrogens is 280 g/mol. The maximum atomic E-state index is 5.88. The first-order valence-corrected chi connectivity index (χ1v) is 6.97. The van der Waals surface area contributed by atoms with E-state index in [-0.39, 0.29) is 0 Å². The second-order valence-electron chi connectivity index (χ2n) is 3.99. The maximum absolute atomic E-state index is 5.88. The first kappa shape index (κ1) is 12.4. The first-order chi connectivity index (χ1) is 9.26. The first-order valence-electron chi connectivity index (χ1n) is 5.71. The van der Waals surface area contributed by atoms with Crippen molar-refractivity contribution in [3.8, 4) is 5.75 Å². The van der Waals surface area contributed by atoms with Gasteiger partial charge in [0.1, 0.15) is 15.9 Å². The predicted octanol–water partition coefficient (Wildman–Crippen LogP) is 4.26. The van der Waals surface area contributed by atoms with E-state index in [9.17, 15) is 0 Å². The monoisotopic (exact) mass is 290 g/mol. The van der Waals surface area contributed by atoms with Crippen molar-refractivity contribution in [1.82, 2.24) is 4.98 Å². The summed E-state index contributed by atoms with van der Waals surface area (Å²) in [6, 6.07) is 11.6. The molecule has 1 aromatic carbocycles. The van der Waals surface area contributed by atoms with Gasteiger partial charge in [-0.2, -0.15) is 0 Å². The van der Waals surface area contributed by atoms with Crippen LogP contribution in [-0.2, 0) is 0 Å². The Morgan fingerprint density at radius 1 is 1.16 bits per heavy atom. The van der Waals surface area contributed by atoms with Crippen molar-refractivity contribution in [3.05, 3.63) is 52.5 Å². The number of pyridine rings is 1. The minimum Gasteiger partial charge on any atom is -0.497 e. The normalized spacial score (nSPS) is 13.3. The highest BCUT2D eigenvalue weighted by Gasteiger charge is 2.13. The highest BCUT2D eigenvalue weighted by molar-refractivity contribution is 8.02. The van der Waals surface area contributed by atoms with E-state index in [1.165, 1.54) is 0 Å². The Kier molecular flexibility index (Phi) is 3.36. The maximum Gasteiger partial charge on any atom is 0.130 e. The van der Waals surface area contributed by atoms with Crippen LogP contribution in [0.25, 0.3) is 5.70 Å². The van der Waals surface area contributed by atoms with Crippen LogP contribution in [-0.4, -0.2) is 12.1 Å². The number of anilines is 1. The molecule has 0 atom stereocenters. The number of nitrogens with one attached hydrogen (secondary N) is 1. The van der Waals surface area contributed by atoms with Gasteiger partial charge in [0.2, 0.25) is 0 Å². The third-order valence-electron chi connectivity index (χ3n) is 2.79. The van der Waals surface area contributed by atoms with Crippen LogP contribution in [0.4, 0.5) is 5.69 Å². The van der Waals surface area contributed by atoms with Crippen LogP contribution in [0, 0.1) is 0 Å². The van der Waals surface area contributed by atoms with E-state index in [0.717, 1.165) is 27.7 Å². The molecule has 0 saturated carbocycles. The van der Waals surface area contributed by atoms with Gasteiger partial charge < -0.3 is 10.1 Å². The Hall–Kier alpha value is -1.65. The van der Waals surface area contributed by atoms with Crippen molar-refractivity contribution in [3.63, 3.8) is 0 Å². The zero-order valence-corrected chi connectivity index (χ0v) is 11.8. The Morgan fingerprint density at radius 2 is 1.95 bits per heavy atom. The van der Waals surface area contributed by atoms with Crippen LogP contribution in [0.1, 0.15) is 5.56 Å². The number of halogens is 1. The third-order valence-corrected chi connectivity index (χ3v) is 3.88. The summed E-state index contributed by atoms with van der Waals surface area (Å²) in [5.74, 6) is 0.849. The number of fused-ring (bicyclic) bond motifs is 1. The molecule has 1 aliphatic heterocycles. The van der Waals surface area contributed by atoms with Gasteiger partial charge in [-0.3, -0.25) is 0 Å². The van der Waals surface area contributed by atoms with E-state index in [0.29, 0.717) is 5.15 Å². The molecule has 0 fully saturated rings. The smallest absolute Gasteiger partial charge is 0.130 e. The summed E-state index contributed by atoms with van der Waals surface area (Å²) in [5, 5.41) is 6.79. The molecule has 0 saturated heterocycles. The lowest BCUT2D eigenvalue weighted by molar-refractivity contribution is 0.415. The molecule has 0 spiro atoms. The number of ether oxygens (including phenoxy) is 1. The molecule has 0 bridgehead atoms. The largest absolute Gasteiger partial charge is 0.497 e. The second kappa shape index (κ2) is 5.15. The molecule has 1 aliphatic rings. The molecule has 0 radical (unpaired) electrons. The van der Waals surface area contributed by atoms with Crippen LogP contribution >= 0.6 is 23.4 Å². The fraction of sp³-hybridized carbons (Fsp3) is 0.0714. The fourth-order valence-electron chi connectivity index (χ4n) is 1.80. The van der Waals surface area contributed by atoms with Crippen molar-refractivity contribution in [2.24, 2.45) is 0 Å². The molecule has 5 heteroatoms. The van der Waals surface area contributed by atoms with E-state index in [1.54, 1.807) is 24.9 Å². The van der Waals surface area contributed by atoms with Crippen LogP contribution in [0.5, 0.6) is 5.75 Å². The molecule has 3 rings (SSSR count). The molecule has 96 valence electrons. The minimum atomic E-state index is 0.509. The lowest BCUT2D eigenvalue weighted by Crippen LogP contribution is -2.04. The number of rotatable bonds is 2. The average Bonchev–Trinajstić information content (AvgIpc) is 2.47. The average molecular weight is 291 g/mol. The molecule has 1 N–H and O–H groups in total. The van der Waals surface area contributed by atoms with E-state index in [4.69, 9.17) is 16.3 Å². The van der Waals surface area contributed by atoms with Gasteiger partial charge in [-0.05, 0) is 42.0 Å². The zero-order chi connectivity index (χ0) is 13.2. The lowest BCUT2D eigenvalue weighted by atomic mass is 10.1. The van der Waals surface area contributed by atoms with E-state index in [1.807, 2.05) is 35.7 Å². The van der Waals surface area contributed by atoms with Crippen molar-refractivity contribution < 1.29 is 4.74 Å². The van der Waals surface area contributed by atoms with Gasteiger partial charge in [-0.25, -0.2) is 4.98 Å². The molecule has 2 aromatic rings. The molecule has 3 nitrogen and oxygen atoms in total. The van der Waals surface area contributed by atoms with E-state index in [2.05, 4.69) is 10.3 Å². The molecule has 0 unspecified atom stereocenters. The number of hydrogen-bond donors (Lipinski definition) is 1. The Morgan fingerprint density at radius 3 is 2.68 bits per heavy atom. The highest BCUT2D eigenvalue weighted by atomic mass is 35.5. The van der Waals surface area contributed by atoms with Crippen molar-refractivity contribution in [1.29, 1.82) is 0 Å². The quantitative estimate of drug-likeness (QED) is 0.838. The number of methoxy groups -OCH3 is 1. The molecular formula is C14H11ClN2OS. The van der Waals surface area contributed by atoms with Crippen LogP contribution in [0.3, 0.4) is 0 Å². The summed E-state index contributed by atoms with van der Waals surface area (Å²) in [6.07, 6.45) is 0. The Balaban J connectivity index is 1.88.